The van der Waals surface area contributed by atoms with Gasteiger partial charge in [-0.05, 0) is 6.26 Å². The standard InChI is InChI=1S/C9H8N4OS2/c1-12-3-4-13-7(14)5-6(11-8(12)13)16-9(10-5)15-2/h3-4H,1-2H3. The predicted molar refractivity (Wildman–Crippen MR) is 65.4 cm³/mol. The molecule has 7 heteroatoms. The molecular formula is C9H8N4OS2. The van der Waals surface area contributed by atoms with Crippen molar-refractivity contribution < 1.29 is 0 Å². The number of hydrogen-bond acceptors (Lipinski definition) is 5. The SMILES string of the molecule is CSc1nc2c(=O)n3ccn(C)c3nc2s1. The predicted octanol–water partition coefficient (Wildman–Crippen LogP) is 1.36. The lowest BCUT2D eigenvalue weighted by Gasteiger charge is -1.94. The van der Waals surface area contributed by atoms with Crippen LogP contribution < -0.4 is 5.56 Å². The van der Waals surface area contributed by atoms with E-state index < -0.39 is 0 Å². The van der Waals surface area contributed by atoms with Crippen molar-refractivity contribution >= 4 is 39.2 Å². The number of nitrogens with zero attached hydrogens (tertiary/aromatic N) is 4. The van der Waals surface area contributed by atoms with Crippen LogP contribution in [0.4, 0.5) is 0 Å². The Morgan fingerprint density at radius 3 is 2.94 bits per heavy atom. The molecule has 5 nitrogen and oxygen atoms in total. The average Bonchev–Trinajstić information content (AvgIpc) is 2.84. The van der Waals surface area contributed by atoms with Crippen LogP contribution >= 0.6 is 23.1 Å². The van der Waals surface area contributed by atoms with Gasteiger partial charge >= 0.3 is 0 Å². The molecule has 0 aliphatic heterocycles. The van der Waals surface area contributed by atoms with E-state index in [1.807, 2.05) is 24.1 Å². The maximum absolute atomic E-state index is 12.1. The van der Waals surface area contributed by atoms with E-state index in [1.54, 1.807) is 6.20 Å². The van der Waals surface area contributed by atoms with E-state index in [9.17, 15) is 4.79 Å². The van der Waals surface area contributed by atoms with Crippen LogP contribution in [0.5, 0.6) is 0 Å². The van der Waals surface area contributed by atoms with Crippen molar-refractivity contribution in [2.24, 2.45) is 7.05 Å². The number of rotatable bonds is 1. The maximum Gasteiger partial charge on any atom is 0.286 e. The lowest BCUT2D eigenvalue weighted by atomic mass is 10.6. The Kier molecular flexibility index (Phi) is 2.05. The molecule has 0 atom stereocenters. The minimum atomic E-state index is -0.0999. The number of thiazole rings is 1. The van der Waals surface area contributed by atoms with Gasteiger partial charge in [-0.25, -0.2) is 14.4 Å². The summed E-state index contributed by atoms with van der Waals surface area (Å²) in [4.78, 5) is 21.5. The van der Waals surface area contributed by atoms with Gasteiger partial charge in [0.1, 0.15) is 0 Å². The molecule has 0 amide bonds. The highest BCUT2D eigenvalue weighted by Crippen LogP contribution is 2.24. The summed E-state index contributed by atoms with van der Waals surface area (Å²) in [7, 11) is 1.87. The van der Waals surface area contributed by atoms with Gasteiger partial charge in [0.05, 0.1) is 0 Å². The first kappa shape index (κ1) is 9.86. The molecule has 0 radical (unpaired) electrons. The van der Waals surface area contributed by atoms with Crippen LogP contribution in [0.1, 0.15) is 0 Å². The molecule has 3 rings (SSSR count). The minimum Gasteiger partial charge on any atom is -0.320 e. The molecule has 0 N–H and O–H groups in total. The van der Waals surface area contributed by atoms with Crippen molar-refractivity contribution in [3.63, 3.8) is 0 Å². The van der Waals surface area contributed by atoms with Crippen LogP contribution in [-0.2, 0) is 7.05 Å². The van der Waals surface area contributed by atoms with E-state index in [2.05, 4.69) is 9.97 Å². The molecule has 0 spiro atoms. The number of fused-ring (bicyclic) bond motifs is 2. The number of thioether (sulfide) groups is 1. The van der Waals surface area contributed by atoms with Gasteiger partial charge in [0.25, 0.3) is 5.56 Å². The highest BCUT2D eigenvalue weighted by Gasteiger charge is 2.12. The number of hydrogen-bond donors (Lipinski definition) is 0. The van der Waals surface area contributed by atoms with Crippen LogP contribution in [-0.4, -0.2) is 25.2 Å². The van der Waals surface area contributed by atoms with Gasteiger partial charge in [0.2, 0.25) is 5.78 Å². The van der Waals surface area contributed by atoms with E-state index in [-0.39, 0.29) is 5.56 Å². The van der Waals surface area contributed by atoms with Crippen LogP contribution in [0, 0.1) is 0 Å². The fourth-order valence-corrected chi connectivity index (χ4v) is 2.97. The Balaban J connectivity index is 2.54. The van der Waals surface area contributed by atoms with E-state index in [0.717, 1.165) is 4.34 Å². The van der Waals surface area contributed by atoms with Gasteiger partial charge in [-0.1, -0.05) is 23.1 Å². The number of aromatic nitrogens is 4. The summed E-state index contributed by atoms with van der Waals surface area (Å²) >= 11 is 2.98. The molecule has 0 unspecified atom stereocenters. The largest absolute Gasteiger partial charge is 0.320 e. The van der Waals surface area contributed by atoms with E-state index in [1.165, 1.54) is 27.5 Å². The molecule has 16 heavy (non-hydrogen) atoms. The highest BCUT2D eigenvalue weighted by molar-refractivity contribution is 8.00. The van der Waals surface area contributed by atoms with Crippen LogP contribution in [0.15, 0.2) is 21.5 Å². The fraction of sp³-hybridized carbons (Fsp3) is 0.222. The van der Waals surface area contributed by atoms with Crippen molar-refractivity contribution in [2.75, 3.05) is 6.26 Å². The second kappa shape index (κ2) is 3.33. The zero-order valence-electron chi connectivity index (χ0n) is 8.67. The van der Waals surface area contributed by atoms with E-state index in [0.29, 0.717) is 16.1 Å². The minimum absolute atomic E-state index is 0.0999. The smallest absolute Gasteiger partial charge is 0.286 e. The Bertz CT molecular complexity index is 739. The molecule has 3 aromatic heterocycles. The topological polar surface area (TPSA) is 52.2 Å². The third-order valence-electron chi connectivity index (χ3n) is 2.36. The molecule has 0 aliphatic carbocycles. The fourth-order valence-electron chi connectivity index (χ4n) is 1.56. The quantitative estimate of drug-likeness (QED) is 0.614. The Labute approximate surface area is 98.8 Å². The second-order valence-electron chi connectivity index (χ2n) is 3.33. The molecule has 0 aromatic carbocycles. The Hall–Kier alpha value is -1.34. The molecule has 0 fully saturated rings. The van der Waals surface area contributed by atoms with Crippen molar-refractivity contribution in [2.45, 2.75) is 4.34 Å². The summed E-state index contributed by atoms with van der Waals surface area (Å²) < 4.78 is 4.21. The highest BCUT2D eigenvalue weighted by atomic mass is 32.2. The van der Waals surface area contributed by atoms with Crippen LogP contribution in [0.2, 0.25) is 0 Å². The van der Waals surface area contributed by atoms with Crippen molar-refractivity contribution in [1.82, 2.24) is 18.9 Å². The summed E-state index contributed by atoms with van der Waals surface area (Å²) in [5, 5.41) is 0. The first-order chi connectivity index (χ1) is 7.70. The molecular weight excluding hydrogens is 244 g/mol. The van der Waals surface area contributed by atoms with E-state index in [4.69, 9.17) is 0 Å². The first-order valence-corrected chi connectivity index (χ1v) is 6.63. The zero-order valence-corrected chi connectivity index (χ0v) is 10.3. The first-order valence-electron chi connectivity index (χ1n) is 4.59. The summed E-state index contributed by atoms with van der Waals surface area (Å²) in [6.07, 6.45) is 5.46. The molecule has 0 saturated heterocycles. The number of imidazole rings is 1. The van der Waals surface area contributed by atoms with Crippen LogP contribution in [0.25, 0.3) is 16.1 Å². The monoisotopic (exact) mass is 252 g/mol. The molecule has 82 valence electrons. The molecule has 0 aliphatic rings. The normalized spacial score (nSPS) is 11.6. The van der Waals surface area contributed by atoms with Gasteiger partial charge in [0.15, 0.2) is 14.7 Å². The van der Waals surface area contributed by atoms with Gasteiger partial charge in [0, 0.05) is 19.4 Å². The summed E-state index contributed by atoms with van der Waals surface area (Å²) in [6.45, 7) is 0. The summed E-state index contributed by atoms with van der Waals surface area (Å²) in [6, 6.07) is 0. The lowest BCUT2D eigenvalue weighted by molar-refractivity contribution is 0.923. The van der Waals surface area contributed by atoms with Gasteiger partial charge in [-0.15, -0.1) is 0 Å². The van der Waals surface area contributed by atoms with Gasteiger partial charge in [-0.2, -0.15) is 0 Å². The van der Waals surface area contributed by atoms with Gasteiger partial charge in [-0.3, -0.25) is 4.79 Å². The van der Waals surface area contributed by atoms with Crippen molar-refractivity contribution in [1.29, 1.82) is 0 Å². The van der Waals surface area contributed by atoms with Crippen LogP contribution in [0.3, 0.4) is 0 Å². The average molecular weight is 252 g/mol. The third kappa shape index (κ3) is 1.21. The van der Waals surface area contributed by atoms with Gasteiger partial charge < -0.3 is 4.57 Å². The third-order valence-corrected chi connectivity index (χ3v) is 4.29. The lowest BCUT2D eigenvalue weighted by Crippen LogP contribution is -2.14. The summed E-state index contributed by atoms with van der Waals surface area (Å²) in [5.74, 6) is 0.647. The molecule has 3 aromatic rings. The van der Waals surface area contributed by atoms with Crippen molar-refractivity contribution in [3.05, 3.63) is 22.7 Å². The summed E-state index contributed by atoms with van der Waals surface area (Å²) in [5.41, 5.74) is 0.357. The molecule has 3 heterocycles. The Morgan fingerprint density at radius 1 is 1.38 bits per heavy atom. The molecule has 0 bridgehead atoms. The molecule has 0 saturated carbocycles. The number of aryl methyl sites for hydroxylation is 1. The van der Waals surface area contributed by atoms with Crippen molar-refractivity contribution in [3.8, 4) is 0 Å². The zero-order chi connectivity index (χ0) is 11.3. The van der Waals surface area contributed by atoms with E-state index >= 15 is 0 Å². The maximum atomic E-state index is 12.1. The Morgan fingerprint density at radius 2 is 2.19 bits per heavy atom. The second-order valence-corrected chi connectivity index (χ2v) is 5.36.